The van der Waals surface area contributed by atoms with Crippen LogP contribution in [0.1, 0.15) is 58.3 Å². The highest BCUT2D eigenvalue weighted by molar-refractivity contribution is 5.75. The first-order valence-electron chi connectivity index (χ1n) is 8.30. The number of unbranched alkanes of at least 4 members (excludes halogenated alkanes) is 6. The Morgan fingerprint density at radius 2 is 1.90 bits per heavy atom. The fourth-order valence-electron chi connectivity index (χ4n) is 2.57. The third-order valence-electron chi connectivity index (χ3n) is 3.90. The third-order valence-corrected chi connectivity index (χ3v) is 3.90. The van der Waals surface area contributed by atoms with E-state index < -0.39 is 0 Å². The molecule has 118 valence electrons. The lowest BCUT2D eigenvalue weighted by molar-refractivity contribution is -0.132. The van der Waals surface area contributed by atoms with E-state index in [9.17, 15) is 4.79 Å². The smallest absolute Gasteiger partial charge is 0.222 e. The van der Waals surface area contributed by atoms with Crippen LogP contribution in [0.15, 0.2) is 0 Å². The van der Waals surface area contributed by atoms with Crippen molar-refractivity contribution < 1.29 is 9.53 Å². The summed E-state index contributed by atoms with van der Waals surface area (Å²) >= 11 is 0. The fourth-order valence-corrected chi connectivity index (χ4v) is 2.57. The van der Waals surface area contributed by atoms with Crippen molar-refractivity contribution in [3.63, 3.8) is 0 Å². The van der Waals surface area contributed by atoms with E-state index in [-0.39, 0.29) is 12.0 Å². The van der Waals surface area contributed by atoms with Gasteiger partial charge in [0.25, 0.3) is 0 Å². The first-order chi connectivity index (χ1) is 9.74. The first kappa shape index (κ1) is 17.4. The van der Waals surface area contributed by atoms with Crippen molar-refractivity contribution >= 4 is 5.91 Å². The van der Waals surface area contributed by atoms with E-state index >= 15 is 0 Å². The van der Waals surface area contributed by atoms with E-state index in [4.69, 9.17) is 4.74 Å². The number of rotatable bonds is 10. The van der Waals surface area contributed by atoms with Crippen LogP contribution in [0, 0.1) is 0 Å². The highest BCUT2D eigenvalue weighted by Gasteiger charge is 2.18. The number of carbonyl (C=O) groups is 1. The van der Waals surface area contributed by atoms with Crippen molar-refractivity contribution in [3.05, 3.63) is 0 Å². The Kier molecular flexibility index (Phi) is 9.67. The van der Waals surface area contributed by atoms with Crippen molar-refractivity contribution in [1.82, 2.24) is 10.2 Å². The molecule has 1 atom stereocenters. The first-order valence-corrected chi connectivity index (χ1v) is 8.30. The van der Waals surface area contributed by atoms with Crippen LogP contribution < -0.4 is 5.32 Å². The van der Waals surface area contributed by atoms with Crippen molar-refractivity contribution in [3.8, 4) is 0 Å². The Hall–Kier alpha value is -0.610. The molecule has 1 unspecified atom stereocenters. The molecule has 1 rings (SSSR count). The number of nitrogens with zero attached hydrogens (tertiary/aromatic N) is 1. The van der Waals surface area contributed by atoms with Gasteiger partial charge in [-0.25, -0.2) is 0 Å². The zero-order chi connectivity index (χ0) is 14.6. The molecule has 4 heteroatoms. The summed E-state index contributed by atoms with van der Waals surface area (Å²) in [6.45, 7) is 5.48. The standard InChI is InChI=1S/C16H32N2O2/c1-3-4-5-6-7-8-9-10-16(19)18(2)14-15-13-17-11-12-20-15/h15,17H,3-14H2,1-2H3. The van der Waals surface area contributed by atoms with Gasteiger partial charge in [0.05, 0.1) is 12.7 Å². The number of ether oxygens (including phenoxy) is 1. The van der Waals surface area contributed by atoms with Gasteiger partial charge in [0.15, 0.2) is 0 Å². The topological polar surface area (TPSA) is 41.6 Å². The third kappa shape index (κ3) is 7.85. The number of hydrogen-bond donors (Lipinski definition) is 1. The Morgan fingerprint density at radius 1 is 1.20 bits per heavy atom. The summed E-state index contributed by atoms with van der Waals surface area (Å²) in [6.07, 6.45) is 9.63. The number of morpholine rings is 1. The Balaban J connectivity index is 2.00. The molecule has 0 saturated carbocycles. The van der Waals surface area contributed by atoms with Gasteiger partial charge in [0.1, 0.15) is 0 Å². The minimum absolute atomic E-state index is 0.159. The molecule has 1 fully saturated rings. The molecule has 0 spiro atoms. The van der Waals surface area contributed by atoms with E-state index in [1.165, 1.54) is 38.5 Å². The normalized spacial score (nSPS) is 19.0. The van der Waals surface area contributed by atoms with E-state index in [1.54, 1.807) is 0 Å². The molecule has 1 N–H and O–H groups in total. The molecule has 1 saturated heterocycles. The van der Waals surface area contributed by atoms with E-state index in [0.717, 1.165) is 26.1 Å². The van der Waals surface area contributed by atoms with E-state index in [0.29, 0.717) is 13.0 Å². The second-order valence-corrected chi connectivity index (χ2v) is 5.84. The van der Waals surface area contributed by atoms with Gasteiger partial charge < -0.3 is 15.0 Å². The molecule has 1 amide bonds. The summed E-state index contributed by atoms with van der Waals surface area (Å²) in [5, 5.41) is 3.29. The monoisotopic (exact) mass is 284 g/mol. The lowest BCUT2D eigenvalue weighted by Crippen LogP contribution is -2.45. The molecule has 1 aliphatic rings. The molecule has 20 heavy (non-hydrogen) atoms. The molecule has 0 aromatic carbocycles. The van der Waals surface area contributed by atoms with E-state index in [2.05, 4.69) is 12.2 Å². The summed E-state index contributed by atoms with van der Waals surface area (Å²) in [4.78, 5) is 13.8. The van der Waals surface area contributed by atoms with Crippen LogP contribution in [-0.2, 0) is 9.53 Å². The maximum Gasteiger partial charge on any atom is 0.222 e. The minimum atomic E-state index is 0.159. The highest BCUT2D eigenvalue weighted by Crippen LogP contribution is 2.09. The Bertz CT molecular complexity index is 253. The largest absolute Gasteiger partial charge is 0.374 e. The summed E-state index contributed by atoms with van der Waals surface area (Å²) in [5.74, 6) is 0.257. The van der Waals surface area contributed by atoms with Crippen LogP contribution in [0.3, 0.4) is 0 Å². The zero-order valence-corrected chi connectivity index (χ0v) is 13.3. The quantitative estimate of drug-likeness (QED) is 0.627. The molecule has 0 radical (unpaired) electrons. The number of carbonyl (C=O) groups excluding carboxylic acids is 1. The molecular formula is C16H32N2O2. The lowest BCUT2D eigenvalue weighted by atomic mass is 10.1. The second-order valence-electron chi connectivity index (χ2n) is 5.84. The summed E-state index contributed by atoms with van der Waals surface area (Å²) in [7, 11) is 1.89. The van der Waals surface area contributed by atoms with E-state index in [1.807, 2.05) is 11.9 Å². The average Bonchev–Trinajstić information content (AvgIpc) is 2.47. The van der Waals surface area contributed by atoms with Crippen LogP contribution in [0.5, 0.6) is 0 Å². The number of nitrogens with one attached hydrogen (secondary N) is 1. The van der Waals surface area contributed by atoms with Crippen molar-refractivity contribution in [2.24, 2.45) is 0 Å². The van der Waals surface area contributed by atoms with Gasteiger partial charge in [-0.3, -0.25) is 4.79 Å². The van der Waals surface area contributed by atoms with Crippen LogP contribution in [-0.4, -0.2) is 50.2 Å². The van der Waals surface area contributed by atoms with Crippen molar-refractivity contribution in [2.45, 2.75) is 64.4 Å². The van der Waals surface area contributed by atoms with Gasteiger partial charge in [0.2, 0.25) is 5.91 Å². The van der Waals surface area contributed by atoms with Crippen LogP contribution >= 0.6 is 0 Å². The van der Waals surface area contributed by atoms with Gasteiger partial charge in [0, 0.05) is 33.1 Å². The molecular weight excluding hydrogens is 252 g/mol. The van der Waals surface area contributed by atoms with Crippen LogP contribution in [0.2, 0.25) is 0 Å². The molecule has 1 aliphatic heterocycles. The van der Waals surface area contributed by atoms with Crippen LogP contribution in [0.4, 0.5) is 0 Å². The molecule has 0 aromatic heterocycles. The van der Waals surface area contributed by atoms with Gasteiger partial charge >= 0.3 is 0 Å². The number of likely N-dealkylation sites (N-methyl/N-ethyl adjacent to an activating group) is 1. The average molecular weight is 284 g/mol. The summed E-state index contributed by atoms with van der Waals surface area (Å²) < 4.78 is 5.62. The number of hydrogen-bond acceptors (Lipinski definition) is 3. The fraction of sp³-hybridized carbons (Fsp3) is 0.938. The zero-order valence-electron chi connectivity index (χ0n) is 13.3. The lowest BCUT2D eigenvalue weighted by Gasteiger charge is -2.28. The Morgan fingerprint density at radius 3 is 2.55 bits per heavy atom. The van der Waals surface area contributed by atoms with Gasteiger partial charge in [-0.05, 0) is 6.42 Å². The van der Waals surface area contributed by atoms with Crippen molar-refractivity contribution in [2.75, 3.05) is 33.3 Å². The highest BCUT2D eigenvalue weighted by atomic mass is 16.5. The minimum Gasteiger partial charge on any atom is -0.374 e. The molecule has 0 aliphatic carbocycles. The van der Waals surface area contributed by atoms with Gasteiger partial charge in [-0.1, -0.05) is 45.4 Å². The summed E-state index contributed by atoms with van der Waals surface area (Å²) in [5.41, 5.74) is 0. The van der Waals surface area contributed by atoms with Gasteiger partial charge in [-0.2, -0.15) is 0 Å². The van der Waals surface area contributed by atoms with Crippen molar-refractivity contribution in [1.29, 1.82) is 0 Å². The predicted octanol–water partition coefficient (Wildman–Crippen LogP) is 2.57. The molecule has 4 nitrogen and oxygen atoms in total. The van der Waals surface area contributed by atoms with Gasteiger partial charge in [-0.15, -0.1) is 0 Å². The molecule has 1 heterocycles. The number of amides is 1. The predicted molar refractivity (Wildman–Crippen MR) is 82.9 cm³/mol. The maximum absolute atomic E-state index is 12.0. The summed E-state index contributed by atoms with van der Waals surface area (Å²) in [6, 6.07) is 0. The second kappa shape index (κ2) is 11.1. The molecule has 0 bridgehead atoms. The maximum atomic E-state index is 12.0. The Labute approximate surface area is 124 Å². The molecule has 0 aromatic rings. The SMILES string of the molecule is CCCCCCCCCC(=O)N(C)CC1CNCCO1. The van der Waals surface area contributed by atoms with Crippen LogP contribution in [0.25, 0.3) is 0 Å².